The fourth-order valence-electron chi connectivity index (χ4n) is 4.37. The first-order valence-corrected chi connectivity index (χ1v) is 11.1. The highest BCUT2D eigenvalue weighted by atomic mass is 16.5. The van der Waals surface area contributed by atoms with Crippen molar-refractivity contribution in [2.24, 2.45) is 0 Å². The molecule has 4 rings (SSSR count). The van der Waals surface area contributed by atoms with Gasteiger partial charge in [0.2, 0.25) is 5.91 Å². The van der Waals surface area contributed by atoms with E-state index >= 15 is 0 Å². The number of fused-ring (bicyclic) bond motifs is 3. The first kappa shape index (κ1) is 23.0. The number of carbonyl (C=O) groups excluding carboxylic acids is 2. The van der Waals surface area contributed by atoms with Gasteiger partial charge in [0.1, 0.15) is 6.61 Å². The Labute approximate surface area is 197 Å². The van der Waals surface area contributed by atoms with Gasteiger partial charge in [0, 0.05) is 24.1 Å². The van der Waals surface area contributed by atoms with Gasteiger partial charge in [0.05, 0.1) is 5.56 Å². The molecule has 0 radical (unpaired) electrons. The minimum Gasteiger partial charge on any atom is -0.478 e. The average molecular weight is 459 g/mol. The van der Waals surface area contributed by atoms with E-state index in [1.807, 2.05) is 24.3 Å². The van der Waals surface area contributed by atoms with Crippen LogP contribution in [0, 0.1) is 6.92 Å². The van der Waals surface area contributed by atoms with Gasteiger partial charge in [0.15, 0.2) is 0 Å². The summed E-state index contributed by atoms with van der Waals surface area (Å²) >= 11 is 0. The number of benzene rings is 3. The summed E-state index contributed by atoms with van der Waals surface area (Å²) in [6, 6.07) is 20.4. The summed E-state index contributed by atoms with van der Waals surface area (Å²) in [6.45, 7) is 3.54. The summed E-state index contributed by atoms with van der Waals surface area (Å²) in [7, 11) is 0. The maximum absolute atomic E-state index is 12.4. The summed E-state index contributed by atoms with van der Waals surface area (Å²) in [6.07, 6.45) is -0.577. The maximum atomic E-state index is 12.4. The normalized spacial score (nSPS) is 12.9. The second kappa shape index (κ2) is 9.79. The van der Waals surface area contributed by atoms with Crippen molar-refractivity contribution in [2.75, 3.05) is 11.9 Å². The molecule has 0 bridgehead atoms. The lowest BCUT2D eigenvalue weighted by atomic mass is 9.98. The van der Waals surface area contributed by atoms with Crippen LogP contribution in [0.4, 0.5) is 10.5 Å². The summed E-state index contributed by atoms with van der Waals surface area (Å²) < 4.78 is 5.52. The van der Waals surface area contributed by atoms with Crippen molar-refractivity contribution < 1.29 is 24.2 Å². The van der Waals surface area contributed by atoms with E-state index in [1.54, 1.807) is 26.0 Å². The Morgan fingerprint density at radius 1 is 0.941 bits per heavy atom. The summed E-state index contributed by atoms with van der Waals surface area (Å²) in [5, 5.41) is 14.6. The van der Waals surface area contributed by atoms with E-state index in [0.717, 1.165) is 22.3 Å². The Kier molecular flexibility index (Phi) is 6.63. The molecule has 3 aromatic rings. The third-order valence-corrected chi connectivity index (χ3v) is 6.04. The number of amides is 2. The van der Waals surface area contributed by atoms with E-state index in [0.29, 0.717) is 11.3 Å². The smallest absolute Gasteiger partial charge is 0.407 e. The second-order valence-corrected chi connectivity index (χ2v) is 8.41. The molecule has 1 aliphatic carbocycles. The van der Waals surface area contributed by atoms with E-state index < -0.39 is 18.1 Å². The molecule has 7 heteroatoms. The number of anilines is 1. The zero-order valence-electron chi connectivity index (χ0n) is 19.0. The van der Waals surface area contributed by atoms with Crippen LogP contribution in [0.1, 0.15) is 46.3 Å². The molecule has 3 N–H and O–H groups in total. The number of alkyl carbamates (subject to hydrolysis) is 1. The van der Waals surface area contributed by atoms with Gasteiger partial charge in [-0.2, -0.15) is 0 Å². The van der Waals surface area contributed by atoms with Gasteiger partial charge >= 0.3 is 12.1 Å². The van der Waals surface area contributed by atoms with Gasteiger partial charge in [-0.15, -0.1) is 0 Å². The molecule has 7 nitrogen and oxygen atoms in total. The molecule has 0 saturated heterocycles. The molecule has 0 fully saturated rings. The van der Waals surface area contributed by atoms with Crippen LogP contribution in [0.5, 0.6) is 0 Å². The number of ether oxygens (including phenoxy) is 1. The Hall–Kier alpha value is -4.13. The summed E-state index contributed by atoms with van der Waals surface area (Å²) in [4.78, 5) is 36.1. The maximum Gasteiger partial charge on any atom is 0.407 e. The van der Waals surface area contributed by atoms with Crippen molar-refractivity contribution in [1.29, 1.82) is 0 Å². The molecule has 1 atom stereocenters. The lowest BCUT2D eigenvalue weighted by Crippen LogP contribution is -2.36. The molecule has 0 aliphatic heterocycles. The lowest BCUT2D eigenvalue weighted by molar-refractivity contribution is -0.116. The van der Waals surface area contributed by atoms with Crippen molar-refractivity contribution in [3.05, 3.63) is 89.0 Å². The third-order valence-electron chi connectivity index (χ3n) is 6.04. The molecule has 1 aliphatic rings. The van der Waals surface area contributed by atoms with E-state index in [4.69, 9.17) is 4.74 Å². The number of carboxylic acids is 1. The fraction of sp³-hybridized carbons (Fsp3) is 0.222. The highest BCUT2D eigenvalue weighted by Crippen LogP contribution is 2.44. The third kappa shape index (κ3) is 4.78. The van der Waals surface area contributed by atoms with Crippen LogP contribution >= 0.6 is 0 Å². The van der Waals surface area contributed by atoms with Crippen LogP contribution in [0.3, 0.4) is 0 Å². The zero-order chi connectivity index (χ0) is 24.2. The molecular weight excluding hydrogens is 432 g/mol. The van der Waals surface area contributed by atoms with Crippen LogP contribution in [-0.2, 0) is 9.53 Å². The number of aromatic carboxylic acids is 1. The van der Waals surface area contributed by atoms with Crippen LogP contribution < -0.4 is 10.6 Å². The molecule has 0 aromatic heterocycles. The molecule has 0 unspecified atom stereocenters. The van der Waals surface area contributed by atoms with Gasteiger partial charge in [-0.05, 0) is 53.8 Å². The Bertz CT molecular complexity index is 1210. The Balaban J connectivity index is 1.32. The van der Waals surface area contributed by atoms with Crippen LogP contribution in [0.2, 0.25) is 0 Å². The zero-order valence-corrected chi connectivity index (χ0v) is 19.0. The number of nitrogens with one attached hydrogen (secondary N) is 2. The number of carbonyl (C=O) groups is 3. The van der Waals surface area contributed by atoms with Crippen molar-refractivity contribution in [2.45, 2.75) is 32.2 Å². The SMILES string of the molecule is Cc1c(NC(=O)C[C@H](C)NC(=O)OCC2c3ccccc3-c3ccccc32)cccc1C(=O)O. The predicted octanol–water partition coefficient (Wildman–Crippen LogP) is 4.95. The minimum absolute atomic E-state index is 0.0148. The van der Waals surface area contributed by atoms with Crippen LogP contribution in [0.15, 0.2) is 66.7 Å². The Morgan fingerprint density at radius 2 is 1.56 bits per heavy atom. The molecule has 0 heterocycles. The molecule has 2 amide bonds. The predicted molar refractivity (Wildman–Crippen MR) is 129 cm³/mol. The monoisotopic (exact) mass is 458 g/mol. The molecule has 34 heavy (non-hydrogen) atoms. The minimum atomic E-state index is -1.06. The van der Waals surface area contributed by atoms with Gasteiger partial charge in [0.25, 0.3) is 0 Å². The molecule has 0 spiro atoms. The molecule has 0 saturated carbocycles. The van der Waals surface area contributed by atoms with Crippen LogP contribution in [-0.4, -0.2) is 35.7 Å². The highest BCUT2D eigenvalue weighted by Gasteiger charge is 2.29. The van der Waals surface area contributed by atoms with Crippen molar-refractivity contribution in [3.8, 4) is 11.1 Å². The first-order valence-electron chi connectivity index (χ1n) is 11.1. The number of rotatable bonds is 7. The fourth-order valence-corrected chi connectivity index (χ4v) is 4.37. The van der Waals surface area contributed by atoms with E-state index in [1.165, 1.54) is 6.07 Å². The van der Waals surface area contributed by atoms with Gasteiger partial charge in [-0.25, -0.2) is 9.59 Å². The number of hydrogen-bond donors (Lipinski definition) is 3. The van der Waals surface area contributed by atoms with E-state index in [-0.39, 0.29) is 30.4 Å². The molecule has 3 aromatic carbocycles. The number of carboxylic acid groups (broad SMARTS) is 1. The summed E-state index contributed by atoms with van der Waals surface area (Å²) in [5.74, 6) is -1.43. The standard InChI is InChI=1S/C27H26N2O5/c1-16(14-25(30)29-24-13-7-12-18(17(24)2)26(31)32)28-27(33)34-15-23-21-10-5-3-8-19(21)20-9-4-6-11-22(20)23/h3-13,16,23H,14-15H2,1-2H3,(H,28,33)(H,29,30)(H,31,32)/t16-/m0/s1. The summed E-state index contributed by atoms with van der Waals surface area (Å²) in [5.41, 5.74) is 5.59. The van der Waals surface area contributed by atoms with Gasteiger partial charge < -0.3 is 20.5 Å². The van der Waals surface area contributed by atoms with Crippen molar-refractivity contribution in [3.63, 3.8) is 0 Å². The average Bonchev–Trinajstić information content (AvgIpc) is 3.12. The van der Waals surface area contributed by atoms with Gasteiger partial charge in [-0.1, -0.05) is 54.6 Å². The number of hydrogen-bond acceptors (Lipinski definition) is 4. The molecular formula is C27H26N2O5. The first-order chi connectivity index (χ1) is 16.3. The lowest BCUT2D eigenvalue weighted by Gasteiger charge is -2.17. The molecule has 174 valence electrons. The van der Waals surface area contributed by atoms with E-state index in [9.17, 15) is 19.5 Å². The van der Waals surface area contributed by atoms with Crippen molar-refractivity contribution in [1.82, 2.24) is 5.32 Å². The largest absolute Gasteiger partial charge is 0.478 e. The van der Waals surface area contributed by atoms with Crippen molar-refractivity contribution >= 4 is 23.7 Å². The topological polar surface area (TPSA) is 105 Å². The second-order valence-electron chi connectivity index (χ2n) is 8.41. The van der Waals surface area contributed by atoms with Crippen LogP contribution in [0.25, 0.3) is 11.1 Å². The van der Waals surface area contributed by atoms with E-state index in [2.05, 4.69) is 34.9 Å². The quantitative estimate of drug-likeness (QED) is 0.465. The Morgan fingerprint density at radius 3 is 2.18 bits per heavy atom. The highest BCUT2D eigenvalue weighted by molar-refractivity contribution is 5.96. The van der Waals surface area contributed by atoms with Gasteiger partial charge in [-0.3, -0.25) is 4.79 Å².